The lowest BCUT2D eigenvalue weighted by molar-refractivity contribution is 0.0675. The van der Waals surface area contributed by atoms with Gasteiger partial charge in [0, 0.05) is 25.0 Å². The summed E-state index contributed by atoms with van der Waals surface area (Å²) in [5.41, 5.74) is 1.94. The Morgan fingerprint density at radius 1 is 1.15 bits per heavy atom. The predicted molar refractivity (Wildman–Crippen MR) is 96.3 cm³/mol. The molecule has 3 heterocycles. The van der Waals surface area contributed by atoms with Gasteiger partial charge >= 0.3 is 0 Å². The Balaban J connectivity index is 1.38. The first-order valence-corrected chi connectivity index (χ1v) is 8.88. The van der Waals surface area contributed by atoms with E-state index in [1.165, 1.54) is 0 Å². The molecule has 0 spiro atoms. The van der Waals surface area contributed by atoms with Crippen molar-refractivity contribution >= 4 is 16.8 Å². The third-order valence-corrected chi connectivity index (χ3v) is 4.91. The van der Waals surface area contributed by atoms with E-state index < -0.39 is 0 Å². The zero-order valence-electron chi connectivity index (χ0n) is 14.5. The summed E-state index contributed by atoms with van der Waals surface area (Å²) in [4.78, 5) is 19.2. The molecule has 1 aliphatic heterocycles. The highest BCUT2D eigenvalue weighted by Crippen LogP contribution is 2.21. The van der Waals surface area contributed by atoms with Crippen LogP contribution in [0.25, 0.3) is 10.9 Å². The first-order chi connectivity index (χ1) is 12.7. The number of nitrogens with zero attached hydrogens (tertiary/aromatic N) is 5. The van der Waals surface area contributed by atoms with Crippen LogP contribution in [0.15, 0.2) is 42.6 Å². The fourth-order valence-electron chi connectivity index (χ4n) is 3.43. The van der Waals surface area contributed by atoms with Crippen LogP contribution in [0.2, 0.25) is 0 Å². The average Bonchev–Trinajstić information content (AvgIpc) is 3.15. The third-order valence-electron chi connectivity index (χ3n) is 4.91. The molecule has 0 bridgehead atoms. The van der Waals surface area contributed by atoms with Crippen LogP contribution in [0.3, 0.4) is 0 Å². The van der Waals surface area contributed by atoms with Crippen molar-refractivity contribution in [3.05, 3.63) is 54.0 Å². The molecule has 2 aromatic heterocycles. The molecular formula is C19H21N5O2. The van der Waals surface area contributed by atoms with E-state index in [2.05, 4.69) is 15.3 Å². The van der Waals surface area contributed by atoms with Gasteiger partial charge in [0.15, 0.2) is 0 Å². The molecule has 1 amide bonds. The Morgan fingerprint density at radius 3 is 2.73 bits per heavy atom. The highest BCUT2D eigenvalue weighted by atomic mass is 16.3. The van der Waals surface area contributed by atoms with Crippen molar-refractivity contribution in [2.75, 3.05) is 13.1 Å². The maximum atomic E-state index is 12.8. The molecule has 0 radical (unpaired) electrons. The summed E-state index contributed by atoms with van der Waals surface area (Å²) < 4.78 is 1.78. The standard InChI is InChI=1S/C19H21N5O2/c25-13-16-12-24(22-21-16)11-14-7-9-23(10-8-14)19(26)18-6-5-15-3-1-2-4-17(15)20-18/h1-6,12,14,25H,7-11,13H2. The normalized spacial score (nSPS) is 15.5. The zero-order valence-corrected chi connectivity index (χ0v) is 14.5. The van der Waals surface area contributed by atoms with Crippen LogP contribution in [0.5, 0.6) is 0 Å². The van der Waals surface area contributed by atoms with Crippen LogP contribution in [0.1, 0.15) is 29.0 Å². The first kappa shape index (κ1) is 16.7. The lowest BCUT2D eigenvalue weighted by Gasteiger charge is -2.31. The summed E-state index contributed by atoms with van der Waals surface area (Å²) in [5.74, 6) is 0.453. The first-order valence-electron chi connectivity index (χ1n) is 8.88. The molecule has 7 heteroatoms. The minimum Gasteiger partial charge on any atom is -0.390 e. The Kier molecular flexibility index (Phi) is 4.62. The van der Waals surface area contributed by atoms with Crippen molar-refractivity contribution < 1.29 is 9.90 Å². The van der Waals surface area contributed by atoms with Crippen molar-refractivity contribution in [3.8, 4) is 0 Å². The van der Waals surface area contributed by atoms with Gasteiger partial charge in [-0.25, -0.2) is 4.98 Å². The van der Waals surface area contributed by atoms with Gasteiger partial charge in [-0.1, -0.05) is 29.5 Å². The number of aliphatic hydroxyl groups excluding tert-OH is 1. The van der Waals surface area contributed by atoms with Gasteiger partial charge in [-0.3, -0.25) is 9.48 Å². The summed E-state index contributed by atoms with van der Waals surface area (Å²) in [7, 11) is 0. The topological polar surface area (TPSA) is 84.1 Å². The fraction of sp³-hybridized carbons (Fsp3) is 0.368. The molecule has 0 unspecified atom stereocenters. The van der Waals surface area contributed by atoms with Gasteiger partial charge in [-0.15, -0.1) is 5.10 Å². The van der Waals surface area contributed by atoms with Gasteiger partial charge in [0.25, 0.3) is 5.91 Å². The highest BCUT2D eigenvalue weighted by Gasteiger charge is 2.25. The molecule has 26 heavy (non-hydrogen) atoms. The second kappa shape index (κ2) is 7.21. The largest absolute Gasteiger partial charge is 0.390 e. The third kappa shape index (κ3) is 3.43. The number of benzene rings is 1. The fourth-order valence-corrected chi connectivity index (χ4v) is 3.43. The molecule has 134 valence electrons. The van der Waals surface area contributed by atoms with Crippen molar-refractivity contribution in [2.45, 2.75) is 26.0 Å². The Hall–Kier alpha value is -2.80. The second-order valence-corrected chi connectivity index (χ2v) is 6.71. The van der Waals surface area contributed by atoms with Crippen molar-refractivity contribution in [3.63, 3.8) is 0 Å². The molecule has 1 aliphatic rings. The number of hydrogen-bond donors (Lipinski definition) is 1. The number of likely N-dealkylation sites (tertiary alicyclic amines) is 1. The van der Waals surface area contributed by atoms with Crippen LogP contribution in [-0.4, -0.2) is 49.0 Å². The van der Waals surface area contributed by atoms with Crippen LogP contribution in [0.4, 0.5) is 0 Å². The van der Waals surface area contributed by atoms with Gasteiger partial charge in [0.05, 0.1) is 18.3 Å². The number of amides is 1. The minimum atomic E-state index is -0.0916. The molecule has 3 aromatic rings. The van der Waals surface area contributed by atoms with Gasteiger partial charge in [-0.05, 0) is 30.9 Å². The van der Waals surface area contributed by atoms with Gasteiger partial charge in [0.2, 0.25) is 0 Å². The zero-order chi connectivity index (χ0) is 17.9. The number of para-hydroxylation sites is 1. The Bertz CT molecular complexity index is 915. The quantitative estimate of drug-likeness (QED) is 0.776. The molecule has 0 aliphatic carbocycles. The number of rotatable bonds is 4. The predicted octanol–water partition coefficient (Wildman–Crippen LogP) is 1.87. The molecule has 0 atom stereocenters. The van der Waals surface area contributed by atoms with Gasteiger partial charge in [-0.2, -0.15) is 0 Å². The number of aliphatic hydroxyl groups is 1. The van der Waals surface area contributed by atoms with Crippen molar-refractivity contribution in [2.24, 2.45) is 5.92 Å². The smallest absolute Gasteiger partial charge is 0.272 e. The number of aromatic nitrogens is 4. The summed E-state index contributed by atoms with van der Waals surface area (Å²) >= 11 is 0. The van der Waals surface area contributed by atoms with Crippen molar-refractivity contribution in [1.29, 1.82) is 0 Å². The van der Waals surface area contributed by atoms with Crippen LogP contribution in [0, 0.1) is 5.92 Å². The highest BCUT2D eigenvalue weighted by molar-refractivity contribution is 5.94. The number of carbonyl (C=O) groups excluding carboxylic acids is 1. The molecule has 0 saturated carbocycles. The van der Waals surface area contributed by atoms with E-state index in [-0.39, 0.29) is 12.5 Å². The maximum absolute atomic E-state index is 12.8. The minimum absolute atomic E-state index is 0.00229. The van der Waals surface area contributed by atoms with E-state index >= 15 is 0 Å². The summed E-state index contributed by atoms with van der Waals surface area (Å²) in [5, 5.41) is 18.0. The van der Waals surface area contributed by atoms with Crippen LogP contribution in [-0.2, 0) is 13.2 Å². The van der Waals surface area contributed by atoms with E-state index in [0.29, 0.717) is 17.3 Å². The molecule has 7 nitrogen and oxygen atoms in total. The van der Waals surface area contributed by atoms with E-state index in [4.69, 9.17) is 5.11 Å². The van der Waals surface area contributed by atoms with E-state index in [1.807, 2.05) is 41.3 Å². The Morgan fingerprint density at radius 2 is 1.96 bits per heavy atom. The molecule has 1 aromatic carbocycles. The molecule has 1 fully saturated rings. The number of hydrogen-bond acceptors (Lipinski definition) is 5. The number of piperidine rings is 1. The lowest BCUT2D eigenvalue weighted by atomic mass is 9.96. The second-order valence-electron chi connectivity index (χ2n) is 6.71. The maximum Gasteiger partial charge on any atom is 0.272 e. The van der Waals surface area contributed by atoms with Crippen molar-refractivity contribution in [1.82, 2.24) is 24.9 Å². The molecule has 4 rings (SSSR count). The molecular weight excluding hydrogens is 330 g/mol. The van der Waals surface area contributed by atoms with E-state index in [0.717, 1.165) is 43.4 Å². The van der Waals surface area contributed by atoms with Gasteiger partial charge in [0.1, 0.15) is 11.4 Å². The molecule has 1 saturated heterocycles. The van der Waals surface area contributed by atoms with E-state index in [1.54, 1.807) is 10.9 Å². The van der Waals surface area contributed by atoms with Gasteiger partial charge < -0.3 is 10.0 Å². The van der Waals surface area contributed by atoms with Crippen LogP contribution >= 0.6 is 0 Å². The SMILES string of the molecule is O=C(c1ccc2ccccc2n1)N1CCC(Cn2cc(CO)nn2)CC1. The average molecular weight is 351 g/mol. The van der Waals surface area contributed by atoms with E-state index in [9.17, 15) is 4.79 Å². The Labute approximate surface area is 151 Å². The number of fused-ring (bicyclic) bond motifs is 1. The number of carbonyl (C=O) groups is 1. The summed E-state index contributed by atoms with van der Waals surface area (Å²) in [6, 6.07) is 11.6. The number of pyridine rings is 1. The summed E-state index contributed by atoms with van der Waals surface area (Å²) in [6.45, 7) is 2.12. The monoisotopic (exact) mass is 351 g/mol. The lowest BCUT2D eigenvalue weighted by Crippen LogP contribution is -2.39. The molecule has 1 N–H and O–H groups in total. The summed E-state index contributed by atoms with van der Waals surface area (Å²) in [6.07, 6.45) is 3.62. The van der Waals surface area contributed by atoms with Crippen LogP contribution < -0.4 is 0 Å².